The Morgan fingerprint density at radius 2 is 1.34 bits per heavy atom. The average molecular weight is 584 g/mol. The van der Waals surface area contributed by atoms with E-state index in [1.54, 1.807) is 20.8 Å². The molecule has 1 aromatic rings. The molecule has 3 N–H and O–H groups in total. The van der Waals surface area contributed by atoms with Crippen LogP contribution in [0.4, 0.5) is 14.4 Å². The van der Waals surface area contributed by atoms with Crippen LogP contribution in [0.15, 0.2) is 18.2 Å². The van der Waals surface area contributed by atoms with Crippen LogP contribution in [0.3, 0.4) is 0 Å². The van der Waals surface area contributed by atoms with Crippen LogP contribution in [0, 0.1) is 17.8 Å². The Bertz CT molecular complexity index is 1010. The second-order valence-corrected chi connectivity index (χ2v) is 10.9. The van der Waals surface area contributed by atoms with Crippen molar-refractivity contribution in [2.75, 3.05) is 13.2 Å². The fraction of sp³-hybridized carbons (Fsp3) is 0.655. The van der Waals surface area contributed by atoms with Crippen molar-refractivity contribution in [3.05, 3.63) is 23.8 Å². The lowest BCUT2D eigenvalue weighted by molar-refractivity contribution is -0.139. The first-order valence-corrected chi connectivity index (χ1v) is 13.8. The van der Waals surface area contributed by atoms with Crippen LogP contribution in [-0.2, 0) is 23.7 Å². The quantitative estimate of drug-likeness (QED) is 0.143. The van der Waals surface area contributed by atoms with Gasteiger partial charge in [0.05, 0.1) is 13.2 Å². The molecule has 0 aliphatic carbocycles. The van der Waals surface area contributed by atoms with E-state index in [1.807, 2.05) is 34.6 Å². The standard InChI is InChI=1S/C29H45NO11/c1-9-10-18(6)38-29(35)39-20(8)19(7)24(25(30)26(31)32)21-11-12-22(40-27(33)36-14-16(2)3)23(13-21)41-28(34)37-15-17(4)5/h11-13,16-20,24-25H,9-10,14-15,30H2,1-8H3,(H,31,32)/t18?,19?,20?,24?,25-/m0/s1. The van der Waals surface area contributed by atoms with E-state index in [0.29, 0.717) is 12.0 Å². The number of hydrogen-bond acceptors (Lipinski definition) is 11. The van der Waals surface area contributed by atoms with Gasteiger partial charge in [0.25, 0.3) is 0 Å². The summed E-state index contributed by atoms with van der Waals surface area (Å²) in [7, 11) is 0. The van der Waals surface area contributed by atoms with Gasteiger partial charge in [-0.15, -0.1) is 0 Å². The molecule has 0 aliphatic rings. The number of rotatable bonds is 15. The molecule has 0 saturated heterocycles. The Kier molecular flexibility index (Phi) is 15.0. The maximum atomic E-state index is 12.4. The largest absolute Gasteiger partial charge is 0.513 e. The molecule has 0 aliphatic heterocycles. The molecule has 0 bridgehead atoms. The number of aliphatic carboxylic acids is 1. The number of nitrogens with two attached hydrogens (primary N) is 1. The molecule has 0 fully saturated rings. The van der Waals surface area contributed by atoms with Gasteiger partial charge in [-0.2, -0.15) is 0 Å². The zero-order valence-electron chi connectivity index (χ0n) is 25.2. The van der Waals surface area contributed by atoms with Gasteiger partial charge < -0.3 is 39.3 Å². The normalized spacial score (nSPS) is 14.8. The number of ether oxygens (including phenoxy) is 6. The Balaban J connectivity index is 3.36. The van der Waals surface area contributed by atoms with E-state index < -0.39 is 48.4 Å². The Labute approximate surface area is 241 Å². The van der Waals surface area contributed by atoms with Gasteiger partial charge in [-0.25, -0.2) is 14.4 Å². The lowest BCUT2D eigenvalue weighted by atomic mass is 9.79. The fourth-order valence-corrected chi connectivity index (χ4v) is 3.80. The van der Waals surface area contributed by atoms with Crippen molar-refractivity contribution in [2.45, 2.75) is 92.4 Å². The molecule has 1 aromatic carbocycles. The highest BCUT2D eigenvalue weighted by Crippen LogP contribution is 2.37. The molecule has 0 spiro atoms. The van der Waals surface area contributed by atoms with Crippen LogP contribution in [0.2, 0.25) is 0 Å². The first kappa shape index (κ1) is 35.5. The lowest BCUT2D eigenvalue weighted by Crippen LogP contribution is -2.42. The highest BCUT2D eigenvalue weighted by Gasteiger charge is 2.36. The number of carboxylic acids is 1. The van der Waals surface area contributed by atoms with Crippen LogP contribution < -0.4 is 15.2 Å². The predicted molar refractivity (Wildman–Crippen MR) is 149 cm³/mol. The summed E-state index contributed by atoms with van der Waals surface area (Å²) < 4.78 is 31.4. The molecule has 0 aromatic heterocycles. The van der Waals surface area contributed by atoms with Gasteiger partial charge in [0.2, 0.25) is 0 Å². The van der Waals surface area contributed by atoms with E-state index in [4.69, 9.17) is 34.2 Å². The van der Waals surface area contributed by atoms with Gasteiger partial charge in [-0.1, -0.05) is 54.0 Å². The molecule has 0 heterocycles. The molecule has 0 saturated carbocycles. The van der Waals surface area contributed by atoms with Crippen LogP contribution in [0.5, 0.6) is 11.5 Å². The number of carbonyl (C=O) groups excluding carboxylic acids is 3. The summed E-state index contributed by atoms with van der Waals surface area (Å²) in [6, 6.07) is 2.71. The molecule has 41 heavy (non-hydrogen) atoms. The Morgan fingerprint density at radius 3 is 1.83 bits per heavy atom. The second kappa shape index (κ2) is 17.3. The molecule has 12 heteroatoms. The van der Waals surface area contributed by atoms with E-state index in [-0.39, 0.29) is 42.7 Å². The number of carboxylic acid groups (broad SMARTS) is 1. The van der Waals surface area contributed by atoms with Gasteiger partial charge >= 0.3 is 24.4 Å². The third-order valence-corrected chi connectivity index (χ3v) is 6.06. The van der Waals surface area contributed by atoms with Crippen LogP contribution >= 0.6 is 0 Å². The zero-order valence-corrected chi connectivity index (χ0v) is 25.2. The van der Waals surface area contributed by atoms with Gasteiger partial charge in [0.15, 0.2) is 11.5 Å². The van der Waals surface area contributed by atoms with E-state index in [2.05, 4.69) is 0 Å². The van der Waals surface area contributed by atoms with Crippen molar-refractivity contribution < 1.29 is 52.7 Å². The predicted octanol–water partition coefficient (Wildman–Crippen LogP) is 5.89. The summed E-state index contributed by atoms with van der Waals surface area (Å²) in [4.78, 5) is 48.9. The van der Waals surface area contributed by atoms with Crippen molar-refractivity contribution in [1.29, 1.82) is 0 Å². The minimum Gasteiger partial charge on any atom is -0.480 e. The van der Waals surface area contributed by atoms with Crippen LogP contribution in [0.25, 0.3) is 0 Å². The van der Waals surface area contributed by atoms with E-state index in [1.165, 1.54) is 18.2 Å². The van der Waals surface area contributed by atoms with Crippen molar-refractivity contribution >= 4 is 24.4 Å². The molecule has 1 rings (SSSR count). The summed E-state index contributed by atoms with van der Waals surface area (Å²) in [6.45, 7) is 14.6. The number of benzene rings is 1. The zero-order chi connectivity index (χ0) is 31.3. The Hall–Kier alpha value is -3.54. The highest BCUT2D eigenvalue weighted by molar-refractivity contribution is 5.75. The van der Waals surface area contributed by atoms with Crippen molar-refractivity contribution in [3.63, 3.8) is 0 Å². The third kappa shape index (κ3) is 12.7. The molecule has 0 radical (unpaired) electrons. The lowest BCUT2D eigenvalue weighted by Gasteiger charge is -2.31. The van der Waals surface area contributed by atoms with Crippen molar-refractivity contribution in [3.8, 4) is 11.5 Å². The number of hydrogen-bond donors (Lipinski definition) is 2. The Morgan fingerprint density at radius 1 is 0.805 bits per heavy atom. The smallest absolute Gasteiger partial charge is 0.480 e. The van der Waals surface area contributed by atoms with Crippen molar-refractivity contribution in [2.24, 2.45) is 23.5 Å². The number of carbonyl (C=O) groups is 4. The van der Waals surface area contributed by atoms with E-state index >= 15 is 0 Å². The topological polar surface area (TPSA) is 170 Å². The van der Waals surface area contributed by atoms with Crippen molar-refractivity contribution in [1.82, 2.24) is 0 Å². The highest BCUT2D eigenvalue weighted by atomic mass is 16.7. The molecule has 4 unspecified atom stereocenters. The molecule has 232 valence electrons. The summed E-state index contributed by atoms with van der Waals surface area (Å²) in [6.07, 6.45) is -2.63. The maximum absolute atomic E-state index is 12.4. The first-order chi connectivity index (χ1) is 19.2. The SMILES string of the molecule is CCCC(C)OC(=O)OC(C)C(C)C(c1ccc(OC(=O)OCC(C)C)c(OC(=O)OCC(C)C)c1)[C@H](N)C(=O)O. The minimum atomic E-state index is -1.44. The van der Waals surface area contributed by atoms with Gasteiger partial charge in [-0.05, 0) is 49.8 Å². The molecule has 12 nitrogen and oxygen atoms in total. The van der Waals surface area contributed by atoms with Gasteiger partial charge in [0.1, 0.15) is 18.2 Å². The minimum absolute atomic E-state index is 0.0348. The van der Waals surface area contributed by atoms with Crippen LogP contribution in [-0.4, -0.2) is 61.0 Å². The second-order valence-electron chi connectivity index (χ2n) is 10.9. The summed E-state index contributed by atoms with van der Waals surface area (Å²) in [5.41, 5.74) is 6.42. The van der Waals surface area contributed by atoms with Crippen LogP contribution in [0.1, 0.15) is 79.7 Å². The fourth-order valence-electron chi connectivity index (χ4n) is 3.80. The van der Waals surface area contributed by atoms with Gasteiger partial charge in [-0.3, -0.25) is 4.79 Å². The third-order valence-electron chi connectivity index (χ3n) is 6.06. The molecule has 5 atom stereocenters. The molecular weight excluding hydrogens is 538 g/mol. The van der Waals surface area contributed by atoms with Gasteiger partial charge in [0, 0.05) is 11.8 Å². The summed E-state index contributed by atoms with van der Waals surface area (Å²) in [5, 5.41) is 9.77. The molecular formula is C29H45NO11. The molecule has 0 amide bonds. The average Bonchev–Trinajstić information content (AvgIpc) is 2.87. The first-order valence-electron chi connectivity index (χ1n) is 13.8. The summed E-state index contributed by atoms with van der Waals surface area (Å²) >= 11 is 0. The van der Waals surface area contributed by atoms with E-state index in [9.17, 15) is 24.3 Å². The maximum Gasteiger partial charge on any atom is 0.513 e. The monoisotopic (exact) mass is 583 g/mol. The van der Waals surface area contributed by atoms with E-state index in [0.717, 1.165) is 6.42 Å². The summed E-state index contributed by atoms with van der Waals surface area (Å²) in [5.74, 6) is -3.15.